The molecule has 0 spiro atoms. The fraction of sp³-hybridized carbons (Fsp3) is 0.378. The zero-order valence-corrected chi connectivity index (χ0v) is 31.2. The molecular weight excluding hydrogens is 613 g/mol. The lowest BCUT2D eigenvalue weighted by molar-refractivity contribution is 0.446. The third-order valence-electron chi connectivity index (χ3n) is 10.8. The van der Waals surface area contributed by atoms with E-state index in [1.165, 1.54) is 51.6 Å². The molecule has 0 saturated heterocycles. The van der Waals surface area contributed by atoms with Gasteiger partial charge in [0.25, 0.3) is 0 Å². The molecule has 5 nitrogen and oxygen atoms in total. The van der Waals surface area contributed by atoms with Gasteiger partial charge in [-0.15, -0.1) is 0 Å². The molecule has 2 atom stereocenters. The standard InChI is InChI=1S/C45H52N4O/c1-9-11-18-40-44(43-29(3)15-14-16-30(43)4)31(5)47-49(40)34-25-33(45(6,7)8)26-36(27-34)50-35-20-21-38-37-17-12-13-19-39(37)48(41(38)28-35)42-24-32(10-2)22-23-46-42/h12-13,15,17,19-28,30,43H,9-11,14,16,18H2,1-8H3/t30-,43?/m0/s1. The number of ether oxygens (including phenoxy) is 1. The Morgan fingerprint density at radius 2 is 1.68 bits per heavy atom. The third-order valence-corrected chi connectivity index (χ3v) is 10.8. The molecule has 0 fully saturated rings. The highest BCUT2D eigenvalue weighted by Crippen LogP contribution is 2.43. The van der Waals surface area contributed by atoms with E-state index in [1.54, 1.807) is 0 Å². The number of pyridine rings is 1. The average molecular weight is 665 g/mol. The minimum Gasteiger partial charge on any atom is -0.457 e. The molecule has 3 heterocycles. The number of para-hydroxylation sites is 1. The summed E-state index contributed by atoms with van der Waals surface area (Å²) in [5.41, 5.74) is 11.1. The predicted octanol–water partition coefficient (Wildman–Crippen LogP) is 12.1. The van der Waals surface area contributed by atoms with Crippen molar-refractivity contribution >= 4 is 21.8 Å². The highest BCUT2D eigenvalue weighted by atomic mass is 16.5. The van der Waals surface area contributed by atoms with Gasteiger partial charge in [0.05, 0.1) is 22.4 Å². The van der Waals surface area contributed by atoms with E-state index in [2.05, 4.69) is 144 Å². The second-order valence-corrected chi connectivity index (χ2v) is 15.4. The molecular formula is C45H52N4O. The van der Waals surface area contributed by atoms with Crippen LogP contribution in [0, 0.1) is 12.8 Å². The monoisotopic (exact) mass is 664 g/mol. The highest BCUT2D eigenvalue weighted by molar-refractivity contribution is 6.09. The van der Waals surface area contributed by atoms with Gasteiger partial charge in [0, 0.05) is 46.3 Å². The van der Waals surface area contributed by atoms with Gasteiger partial charge in [-0.1, -0.05) is 77.8 Å². The maximum Gasteiger partial charge on any atom is 0.137 e. The zero-order valence-electron chi connectivity index (χ0n) is 31.2. The van der Waals surface area contributed by atoms with Gasteiger partial charge in [0.15, 0.2) is 0 Å². The fourth-order valence-electron chi connectivity index (χ4n) is 8.02. The summed E-state index contributed by atoms with van der Waals surface area (Å²) >= 11 is 0. The Kier molecular flexibility index (Phi) is 9.19. The molecule has 258 valence electrons. The summed E-state index contributed by atoms with van der Waals surface area (Å²) in [6, 6.07) is 26.0. The molecule has 50 heavy (non-hydrogen) atoms. The van der Waals surface area contributed by atoms with Crippen molar-refractivity contribution in [2.75, 3.05) is 0 Å². The van der Waals surface area contributed by atoms with Crippen LogP contribution < -0.4 is 4.74 Å². The first-order valence-corrected chi connectivity index (χ1v) is 18.6. The smallest absolute Gasteiger partial charge is 0.137 e. The van der Waals surface area contributed by atoms with Crippen LogP contribution in [0.15, 0.2) is 90.6 Å². The van der Waals surface area contributed by atoms with Crippen molar-refractivity contribution in [1.29, 1.82) is 0 Å². The van der Waals surface area contributed by atoms with Gasteiger partial charge < -0.3 is 4.74 Å². The molecule has 0 aliphatic heterocycles. The molecule has 0 bridgehead atoms. The molecule has 1 unspecified atom stereocenters. The zero-order chi connectivity index (χ0) is 35.2. The molecule has 0 N–H and O–H groups in total. The molecule has 0 saturated carbocycles. The largest absolute Gasteiger partial charge is 0.457 e. The van der Waals surface area contributed by atoms with Crippen LogP contribution in [-0.2, 0) is 18.3 Å². The fourth-order valence-corrected chi connectivity index (χ4v) is 8.02. The van der Waals surface area contributed by atoms with Crippen molar-refractivity contribution in [3.8, 4) is 23.0 Å². The van der Waals surface area contributed by atoms with Crippen molar-refractivity contribution in [3.05, 3.63) is 119 Å². The number of aromatic nitrogens is 4. The van der Waals surface area contributed by atoms with Crippen molar-refractivity contribution in [1.82, 2.24) is 19.3 Å². The number of fused-ring (bicyclic) bond motifs is 3. The first kappa shape index (κ1) is 33.8. The number of hydrogen-bond acceptors (Lipinski definition) is 3. The van der Waals surface area contributed by atoms with E-state index >= 15 is 0 Å². The predicted molar refractivity (Wildman–Crippen MR) is 209 cm³/mol. The lowest BCUT2D eigenvalue weighted by Gasteiger charge is -2.30. The first-order valence-electron chi connectivity index (χ1n) is 18.6. The topological polar surface area (TPSA) is 44.9 Å². The van der Waals surface area contributed by atoms with E-state index in [1.807, 2.05) is 6.20 Å². The maximum atomic E-state index is 6.84. The quantitative estimate of drug-likeness (QED) is 0.145. The number of nitrogens with zero attached hydrogens (tertiary/aromatic N) is 4. The molecule has 1 aliphatic carbocycles. The third kappa shape index (κ3) is 6.27. The SMILES string of the molecule is CCCCc1c(C2C(C)=CCC[C@@H]2C)c(C)nn1-c1cc(Oc2ccc3c4ccccc4n(-c4cc(CC)ccn4)c3c2)cc(C(C)(C)C)c1. The van der Waals surface area contributed by atoms with Crippen LogP contribution in [-0.4, -0.2) is 19.3 Å². The number of benzene rings is 3. The van der Waals surface area contributed by atoms with Crippen LogP contribution in [0.25, 0.3) is 33.3 Å². The minimum absolute atomic E-state index is 0.0771. The summed E-state index contributed by atoms with van der Waals surface area (Å²) in [6.45, 7) is 18.2. The van der Waals surface area contributed by atoms with Gasteiger partial charge in [-0.2, -0.15) is 5.10 Å². The normalized spacial score (nSPS) is 16.7. The van der Waals surface area contributed by atoms with E-state index < -0.39 is 0 Å². The molecule has 3 aromatic carbocycles. The Bertz CT molecular complexity index is 2210. The van der Waals surface area contributed by atoms with Gasteiger partial charge in [0.2, 0.25) is 0 Å². The Morgan fingerprint density at radius 3 is 2.44 bits per heavy atom. The van der Waals surface area contributed by atoms with Gasteiger partial charge in [-0.05, 0) is 111 Å². The molecule has 7 rings (SSSR count). The van der Waals surface area contributed by atoms with Crippen LogP contribution in [0.4, 0.5) is 0 Å². The molecule has 6 aromatic rings. The number of hydrogen-bond donors (Lipinski definition) is 0. The summed E-state index contributed by atoms with van der Waals surface area (Å²) in [6.07, 6.45) is 11.0. The molecule has 5 heteroatoms. The molecule has 0 radical (unpaired) electrons. The summed E-state index contributed by atoms with van der Waals surface area (Å²) < 4.78 is 11.3. The van der Waals surface area contributed by atoms with Crippen molar-refractivity contribution in [2.45, 2.75) is 105 Å². The molecule has 0 amide bonds. The second-order valence-electron chi connectivity index (χ2n) is 15.4. The van der Waals surface area contributed by atoms with Crippen LogP contribution in [0.2, 0.25) is 0 Å². The second kappa shape index (κ2) is 13.6. The van der Waals surface area contributed by atoms with E-state index in [-0.39, 0.29) is 5.41 Å². The van der Waals surface area contributed by atoms with E-state index in [0.717, 1.165) is 65.4 Å². The summed E-state index contributed by atoms with van der Waals surface area (Å²) in [4.78, 5) is 4.82. The van der Waals surface area contributed by atoms with E-state index in [0.29, 0.717) is 11.8 Å². The van der Waals surface area contributed by atoms with Crippen LogP contribution in [0.1, 0.15) is 108 Å². The van der Waals surface area contributed by atoms with Gasteiger partial charge in [-0.3, -0.25) is 4.57 Å². The Balaban J connectivity index is 1.36. The number of rotatable bonds is 9. The number of unbranched alkanes of at least 4 members (excludes halogenated alkanes) is 1. The van der Waals surface area contributed by atoms with Crippen LogP contribution in [0.5, 0.6) is 11.5 Å². The summed E-state index contributed by atoms with van der Waals surface area (Å²) in [5.74, 6) is 3.55. The van der Waals surface area contributed by atoms with Crippen LogP contribution in [0.3, 0.4) is 0 Å². The maximum absolute atomic E-state index is 6.84. The molecule has 3 aromatic heterocycles. The Labute approximate surface area is 298 Å². The number of aryl methyl sites for hydroxylation is 2. The molecule has 1 aliphatic rings. The van der Waals surface area contributed by atoms with E-state index in [9.17, 15) is 0 Å². The minimum atomic E-state index is -0.0771. The van der Waals surface area contributed by atoms with Gasteiger partial charge in [-0.25, -0.2) is 9.67 Å². The average Bonchev–Trinajstić information content (AvgIpc) is 3.60. The highest BCUT2D eigenvalue weighted by Gasteiger charge is 2.31. The number of allylic oxidation sites excluding steroid dienone is 2. The Hall–Kier alpha value is -4.64. The summed E-state index contributed by atoms with van der Waals surface area (Å²) in [5, 5.41) is 7.68. The van der Waals surface area contributed by atoms with Crippen LogP contribution >= 0.6 is 0 Å². The first-order chi connectivity index (χ1) is 24.1. The lowest BCUT2D eigenvalue weighted by Crippen LogP contribution is -2.17. The Morgan fingerprint density at radius 1 is 0.880 bits per heavy atom. The van der Waals surface area contributed by atoms with Gasteiger partial charge in [0.1, 0.15) is 17.3 Å². The van der Waals surface area contributed by atoms with Gasteiger partial charge >= 0.3 is 0 Å². The lowest BCUT2D eigenvalue weighted by atomic mass is 9.75. The van der Waals surface area contributed by atoms with Crippen molar-refractivity contribution in [3.63, 3.8) is 0 Å². The summed E-state index contributed by atoms with van der Waals surface area (Å²) in [7, 11) is 0. The van der Waals surface area contributed by atoms with E-state index in [4.69, 9.17) is 14.8 Å². The van der Waals surface area contributed by atoms with Crippen molar-refractivity contribution < 1.29 is 4.74 Å². The van der Waals surface area contributed by atoms with Crippen molar-refractivity contribution in [2.24, 2.45) is 5.92 Å².